The minimum atomic E-state index is 0.721. The van der Waals surface area contributed by atoms with Gasteiger partial charge in [-0.15, -0.1) is 0 Å². The molecule has 0 spiro atoms. The van der Waals surface area contributed by atoms with Gasteiger partial charge in [0.15, 0.2) is 0 Å². The number of hydrogen-bond donors (Lipinski definition) is 1. The van der Waals surface area contributed by atoms with Crippen LogP contribution < -0.4 is 5.32 Å². The summed E-state index contributed by atoms with van der Waals surface area (Å²) in [4.78, 5) is 2.38. The molecule has 0 radical (unpaired) electrons. The van der Waals surface area contributed by atoms with Crippen molar-refractivity contribution < 1.29 is 4.74 Å². The Balaban J connectivity index is 1.45. The van der Waals surface area contributed by atoms with E-state index < -0.39 is 0 Å². The molecule has 2 fully saturated rings. The normalized spacial score (nSPS) is 26.4. The molecule has 1 atom stereocenters. The summed E-state index contributed by atoms with van der Waals surface area (Å²) in [6.45, 7) is 5.35. The molecule has 1 N–H and O–H groups in total. The molecule has 3 heteroatoms. The molecule has 0 aromatic heterocycles. The maximum Gasteiger partial charge on any atom is 0.0593 e. The zero-order chi connectivity index (χ0) is 10.5. The lowest BCUT2D eigenvalue weighted by molar-refractivity contribution is 0.101. The highest BCUT2D eigenvalue weighted by Gasteiger charge is 2.21. The van der Waals surface area contributed by atoms with Crippen molar-refractivity contribution in [3.63, 3.8) is 0 Å². The minimum absolute atomic E-state index is 0.721. The van der Waals surface area contributed by atoms with Crippen LogP contribution in [0.15, 0.2) is 0 Å². The van der Waals surface area contributed by atoms with Gasteiger partial charge in [-0.1, -0.05) is 0 Å². The second-order valence-electron chi connectivity index (χ2n) is 5.07. The lowest BCUT2D eigenvalue weighted by Crippen LogP contribution is -2.36. The molecule has 0 aromatic rings. The number of ether oxygens (including phenoxy) is 1. The highest BCUT2D eigenvalue weighted by molar-refractivity contribution is 4.76. The fourth-order valence-corrected chi connectivity index (χ4v) is 2.13. The SMILES string of the molecule is CN(CCOCC1CC1)C[C@H]1CCCN1. The van der Waals surface area contributed by atoms with Gasteiger partial charge in [-0.3, -0.25) is 0 Å². The number of nitrogens with one attached hydrogen (secondary N) is 1. The zero-order valence-electron chi connectivity index (χ0n) is 9.87. The first-order chi connectivity index (χ1) is 7.34. The van der Waals surface area contributed by atoms with Crippen LogP contribution in [0.3, 0.4) is 0 Å². The van der Waals surface area contributed by atoms with Gasteiger partial charge in [0.1, 0.15) is 0 Å². The van der Waals surface area contributed by atoms with Gasteiger partial charge in [0.2, 0.25) is 0 Å². The van der Waals surface area contributed by atoms with Crippen LogP contribution in [0.5, 0.6) is 0 Å². The third kappa shape index (κ3) is 4.49. The van der Waals surface area contributed by atoms with E-state index in [1.807, 2.05) is 0 Å². The third-order valence-corrected chi connectivity index (χ3v) is 3.36. The van der Waals surface area contributed by atoms with Gasteiger partial charge < -0.3 is 15.0 Å². The summed E-state index contributed by atoms with van der Waals surface area (Å²) in [7, 11) is 2.19. The van der Waals surface area contributed by atoms with Gasteiger partial charge in [0.25, 0.3) is 0 Å². The molecule has 0 aromatic carbocycles. The molecule has 0 amide bonds. The smallest absolute Gasteiger partial charge is 0.0593 e. The quantitative estimate of drug-likeness (QED) is 0.640. The van der Waals surface area contributed by atoms with Crippen molar-refractivity contribution in [2.75, 3.05) is 39.9 Å². The largest absolute Gasteiger partial charge is 0.380 e. The fraction of sp³-hybridized carbons (Fsp3) is 1.00. The first-order valence-corrected chi connectivity index (χ1v) is 6.34. The van der Waals surface area contributed by atoms with Crippen molar-refractivity contribution in [3.8, 4) is 0 Å². The molecule has 1 saturated carbocycles. The Bertz CT molecular complexity index is 176. The van der Waals surface area contributed by atoms with Gasteiger partial charge >= 0.3 is 0 Å². The summed E-state index contributed by atoms with van der Waals surface area (Å²) in [6, 6.07) is 0.721. The monoisotopic (exact) mass is 212 g/mol. The number of likely N-dealkylation sites (N-methyl/N-ethyl adjacent to an activating group) is 1. The van der Waals surface area contributed by atoms with Crippen LogP contribution in [-0.4, -0.2) is 50.8 Å². The third-order valence-electron chi connectivity index (χ3n) is 3.36. The Kier molecular flexibility index (Phi) is 4.42. The van der Waals surface area contributed by atoms with Gasteiger partial charge in [-0.2, -0.15) is 0 Å². The van der Waals surface area contributed by atoms with E-state index in [-0.39, 0.29) is 0 Å². The van der Waals surface area contributed by atoms with E-state index in [1.54, 1.807) is 0 Å². The highest BCUT2D eigenvalue weighted by atomic mass is 16.5. The summed E-state index contributed by atoms with van der Waals surface area (Å²) >= 11 is 0. The lowest BCUT2D eigenvalue weighted by atomic mass is 10.2. The average Bonchev–Trinajstić information content (AvgIpc) is 2.91. The predicted octanol–water partition coefficient (Wildman–Crippen LogP) is 1.10. The topological polar surface area (TPSA) is 24.5 Å². The summed E-state index contributed by atoms with van der Waals surface area (Å²) in [5, 5.41) is 3.52. The highest BCUT2D eigenvalue weighted by Crippen LogP contribution is 2.28. The zero-order valence-corrected chi connectivity index (χ0v) is 9.87. The van der Waals surface area contributed by atoms with Crippen LogP contribution >= 0.6 is 0 Å². The van der Waals surface area contributed by atoms with E-state index in [0.717, 1.165) is 31.7 Å². The molecule has 0 bridgehead atoms. The average molecular weight is 212 g/mol. The first-order valence-electron chi connectivity index (χ1n) is 6.34. The second kappa shape index (κ2) is 5.83. The van der Waals surface area contributed by atoms with Crippen molar-refractivity contribution >= 4 is 0 Å². The molecule has 2 rings (SSSR count). The molecule has 3 nitrogen and oxygen atoms in total. The number of nitrogens with zero attached hydrogens (tertiary/aromatic N) is 1. The molecule has 1 saturated heterocycles. The molecule has 2 aliphatic rings. The number of hydrogen-bond acceptors (Lipinski definition) is 3. The Hall–Kier alpha value is -0.120. The van der Waals surface area contributed by atoms with E-state index in [1.165, 1.54) is 38.8 Å². The van der Waals surface area contributed by atoms with E-state index in [0.29, 0.717) is 0 Å². The van der Waals surface area contributed by atoms with Crippen molar-refractivity contribution in [1.29, 1.82) is 0 Å². The molecule has 0 unspecified atom stereocenters. The number of rotatable bonds is 7. The first kappa shape index (κ1) is 11.4. The Labute approximate surface area is 93.2 Å². The Morgan fingerprint density at radius 1 is 1.33 bits per heavy atom. The van der Waals surface area contributed by atoms with Crippen molar-refractivity contribution in [2.45, 2.75) is 31.7 Å². The summed E-state index contributed by atoms with van der Waals surface area (Å²) in [5.41, 5.74) is 0. The summed E-state index contributed by atoms with van der Waals surface area (Å²) < 4.78 is 5.63. The van der Waals surface area contributed by atoms with Crippen LogP contribution in [0, 0.1) is 5.92 Å². The van der Waals surface area contributed by atoms with Crippen molar-refractivity contribution in [2.24, 2.45) is 5.92 Å². The van der Waals surface area contributed by atoms with E-state index in [4.69, 9.17) is 4.74 Å². The maximum absolute atomic E-state index is 5.63. The maximum atomic E-state index is 5.63. The van der Waals surface area contributed by atoms with Crippen molar-refractivity contribution in [3.05, 3.63) is 0 Å². The molecule has 1 aliphatic carbocycles. The predicted molar refractivity (Wildman–Crippen MR) is 62.1 cm³/mol. The van der Waals surface area contributed by atoms with Crippen molar-refractivity contribution in [1.82, 2.24) is 10.2 Å². The molecule has 15 heavy (non-hydrogen) atoms. The standard InChI is InChI=1S/C12H24N2O/c1-14(9-12-3-2-6-13-12)7-8-15-10-11-4-5-11/h11-13H,2-10H2,1H3/t12-/m1/s1. The van der Waals surface area contributed by atoms with Gasteiger partial charge in [-0.05, 0) is 45.2 Å². The fourth-order valence-electron chi connectivity index (χ4n) is 2.13. The molecular weight excluding hydrogens is 188 g/mol. The summed E-state index contributed by atoms with van der Waals surface area (Å²) in [6.07, 6.45) is 5.47. The minimum Gasteiger partial charge on any atom is -0.380 e. The molecule has 1 heterocycles. The van der Waals surface area contributed by atoms with Crippen LogP contribution in [-0.2, 0) is 4.74 Å². The Morgan fingerprint density at radius 3 is 2.87 bits per heavy atom. The Morgan fingerprint density at radius 2 is 2.20 bits per heavy atom. The molecular formula is C12H24N2O. The van der Waals surface area contributed by atoms with E-state index in [2.05, 4.69) is 17.3 Å². The van der Waals surface area contributed by atoms with E-state index in [9.17, 15) is 0 Å². The second-order valence-corrected chi connectivity index (χ2v) is 5.07. The van der Waals surface area contributed by atoms with Gasteiger partial charge in [-0.25, -0.2) is 0 Å². The van der Waals surface area contributed by atoms with E-state index >= 15 is 0 Å². The van der Waals surface area contributed by atoms with Crippen LogP contribution in [0.25, 0.3) is 0 Å². The van der Waals surface area contributed by atoms with Crippen LogP contribution in [0.4, 0.5) is 0 Å². The summed E-state index contributed by atoms with van der Waals surface area (Å²) in [5.74, 6) is 0.895. The molecule has 1 aliphatic heterocycles. The van der Waals surface area contributed by atoms with Crippen LogP contribution in [0.2, 0.25) is 0 Å². The van der Waals surface area contributed by atoms with Gasteiger partial charge in [0, 0.05) is 25.7 Å². The molecule has 88 valence electrons. The van der Waals surface area contributed by atoms with Crippen LogP contribution in [0.1, 0.15) is 25.7 Å². The lowest BCUT2D eigenvalue weighted by Gasteiger charge is -2.20. The van der Waals surface area contributed by atoms with Gasteiger partial charge in [0.05, 0.1) is 6.61 Å².